The molecule has 3 heteroatoms. The number of hydrogen-bond donors (Lipinski definition) is 0. The topological polar surface area (TPSA) is 35.5 Å². The van der Waals surface area contributed by atoms with Gasteiger partial charge in [-0.1, -0.05) is 153 Å². The molecule has 3 aromatic rings. The van der Waals surface area contributed by atoms with Gasteiger partial charge < -0.3 is 9.47 Å². The number of hydrogen-bond acceptors (Lipinski definition) is 3. The van der Waals surface area contributed by atoms with Gasteiger partial charge in [-0.2, -0.15) is 0 Å². The lowest BCUT2D eigenvalue weighted by Gasteiger charge is -2.13. The maximum Gasteiger partial charge on any atom is 0.338 e. The highest BCUT2D eigenvalue weighted by Crippen LogP contribution is 2.24. The minimum Gasteiger partial charge on any atom is -0.494 e. The van der Waals surface area contributed by atoms with E-state index in [1.54, 1.807) is 0 Å². The van der Waals surface area contributed by atoms with Gasteiger partial charge in [-0.25, -0.2) is 4.79 Å². The van der Waals surface area contributed by atoms with Gasteiger partial charge >= 0.3 is 5.97 Å². The molecule has 3 rings (SSSR count). The Labute approximate surface area is 281 Å². The summed E-state index contributed by atoms with van der Waals surface area (Å²) in [4.78, 5) is 12.5. The van der Waals surface area contributed by atoms with Gasteiger partial charge in [0.25, 0.3) is 0 Å². The van der Waals surface area contributed by atoms with Gasteiger partial charge in [0.1, 0.15) is 5.75 Å². The van der Waals surface area contributed by atoms with Crippen LogP contribution in [0.1, 0.15) is 164 Å². The lowest BCUT2D eigenvalue weighted by Crippen LogP contribution is -2.15. The van der Waals surface area contributed by atoms with Crippen LogP contribution in [0.3, 0.4) is 0 Å². The number of aryl methyl sites for hydroxylation is 2. The van der Waals surface area contributed by atoms with E-state index in [1.165, 1.54) is 125 Å². The second-order valence-electron chi connectivity index (χ2n) is 13.6. The van der Waals surface area contributed by atoms with Crippen LogP contribution in [-0.4, -0.2) is 18.7 Å². The summed E-state index contributed by atoms with van der Waals surface area (Å²) in [6.07, 6.45) is 26.9. The Bertz CT molecular complexity index is 1210. The molecule has 0 spiro atoms. The van der Waals surface area contributed by atoms with Gasteiger partial charge in [0.15, 0.2) is 0 Å². The smallest absolute Gasteiger partial charge is 0.338 e. The van der Waals surface area contributed by atoms with Crippen molar-refractivity contribution in [3.8, 4) is 5.75 Å². The second kappa shape index (κ2) is 23.5. The standard InChI is InChI=1S/C43H64O3/c1-4-6-8-10-11-12-13-14-15-16-17-18-19-21-33-45-42-32-31-40-34-38(27-30-41(40)35-42)24-23-37-25-28-39(29-26-37)43(44)46-36(3)22-20-9-7-5-2/h25-32,34-36H,4-24,33H2,1-3H3/t36-/m1/s1. The van der Waals surface area contributed by atoms with Gasteiger partial charge in [-0.15, -0.1) is 0 Å². The zero-order valence-corrected chi connectivity index (χ0v) is 29.6. The molecule has 0 aliphatic heterocycles. The number of ether oxygens (including phenoxy) is 2. The first-order chi connectivity index (χ1) is 22.6. The van der Waals surface area contributed by atoms with Crippen molar-refractivity contribution in [2.75, 3.05) is 6.61 Å². The van der Waals surface area contributed by atoms with Gasteiger partial charge in [-0.05, 0) is 85.2 Å². The van der Waals surface area contributed by atoms with Gasteiger partial charge in [0.2, 0.25) is 0 Å². The minimum atomic E-state index is -0.216. The molecule has 3 nitrogen and oxygen atoms in total. The number of benzene rings is 3. The summed E-state index contributed by atoms with van der Waals surface area (Å²) in [5.74, 6) is 0.756. The van der Waals surface area contributed by atoms with Crippen molar-refractivity contribution in [3.05, 3.63) is 77.4 Å². The number of rotatable bonds is 26. The average molecular weight is 629 g/mol. The molecule has 0 N–H and O–H groups in total. The van der Waals surface area contributed by atoms with Crippen LogP contribution < -0.4 is 4.74 Å². The predicted octanol–water partition coefficient (Wildman–Crippen LogP) is 13.0. The highest BCUT2D eigenvalue weighted by molar-refractivity contribution is 5.89. The number of fused-ring (bicyclic) bond motifs is 1. The van der Waals surface area contributed by atoms with E-state index in [9.17, 15) is 4.79 Å². The van der Waals surface area contributed by atoms with Crippen molar-refractivity contribution in [2.24, 2.45) is 0 Å². The summed E-state index contributed by atoms with van der Waals surface area (Å²) in [5.41, 5.74) is 3.19. The molecule has 0 radical (unpaired) electrons. The van der Waals surface area contributed by atoms with Crippen molar-refractivity contribution in [2.45, 2.75) is 162 Å². The molecule has 0 amide bonds. The van der Waals surface area contributed by atoms with Crippen LogP contribution in [0.2, 0.25) is 0 Å². The molecule has 0 heterocycles. The fourth-order valence-electron chi connectivity index (χ4n) is 6.27. The minimum absolute atomic E-state index is 0.0338. The van der Waals surface area contributed by atoms with Crippen LogP contribution in [0.15, 0.2) is 60.7 Å². The molecular formula is C43H64O3. The largest absolute Gasteiger partial charge is 0.494 e. The first-order valence-electron chi connectivity index (χ1n) is 19.0. The number of carbonyl (C=O) groups excluding carboxylic acids is 1. The Hall–Kier alpha value is -2.81. The van der Waals surface area contributed by atoms with Gasteiger partial charge in [0, 0.05) is 0 Å². The SMILES string of the molecule is CCCCCCCCCCCCCCCCOc1ccc2cc(CCc3ccc(C(=O)O[C@H](C)CCCCCC)cc3)ccc2c1. The summed E-state index contributed by atoms with van der Waals surface area (Å²) >= 11 is 0. The summed E-state index contributed by atoms with van der Waals surface area (Å²) in [6, 6.07) is 21.1. The van der Waals surface area contributed by atoms with E-state index < -0.39 is 0 Å². The predicted molar refractivity (Wildman–Crippen MR) is 197 cm³/mol. The fraction of sp³-hybridized carbons (Fsp3) is 0.605. The highest BCUT2D eigenvalue weighted by atomic mass is 16.5. The van der Waals surface area contributed by atoms with E-state index in [0.29, 0.717) is 5.56 Å². The first kappa shape index (κ1) is 37.6. The van der Waals surface area contributed by atoms with Crippen LogP contribution in [0.25, 0.3) is 10.8 Å². The van der Waals surface area contributed by atoms with Crippen molar-refractivity contribution in [1.29, 1.82) is 0 Å². The molecule has 0 unspecified atom stereocenters. The molecule has 46 heavy (non-hydrogen) atoms. The van der Waals surface area contributed by atoms with Crippen LogP contribution in [0.4, 0.5) is 0 Å². The zero-order valence-electron chi connectivity index (χ0n) is 29.6. The third kappa shape index (κ3) is 15.7. The molecule has 0 aliphatic carbocycles. The normalized spacial score (nSPS) is 12.0. The molecule has 0 fully saturated rings. The summed E-state index contributed by atoms with van der Waals surface area (Å²) in [5, 5.41) is 2.48. The third-order valence-corrected chi connectivity index (χ3v) is 9.31. The van der Waals surface area contributed by atoms with Crippen LogP contribution in [0.5, 0.6) is 5.75 Å². The Morgan fingerprint density at radius 2 is 1.07 bits per heavy atom. The van der Waals surface area contributed by atoms with E-state index in [2.05, 4.69) is 62.4 Å². The molecule has 0 aromatic heterocycles. The number of esters is 1. The number of carbonyl (C=O) groups is 1. The van der Waals surface area contributed by atoms with Crippen molar-refractivity contribution < 1.29 is 14.3 Å². The third-order valence-electron chi connectivity index (χ3n) is 9.31. The Morgan fingerprint density at radius 1 is 0.565 bits per heavy atom. The molecule has 0 bridgehead atoms. The quantitative estimate of drug-likeness (QED) is 0.0655. The van der Waals surface area contributed by atoms with Crippen LogP contribution in [0, 0.1) is 0 Å². The van der Waals surface area contributed by atoms with Crippen molar-refractivity contribution >= 4 is 16.7 Å². The van der Waals surface area contributed by atoms with Gasteiger partial charge in [-0.3, -0.25) is 0 Å². The maximum atomic E-state index is 12.5. The molecule has 254 valence electrons. The zero-order chi connectivity index (χ0) is 32.7. The fourth-order valence-corrected chi connectivity index (χ4v) is 6.27. The van der Waals surface area contributed by atoms with E-state index >= 15 is 0 Å². The first-order valence-corrected chi connectivity index (χ1v) is 19.0. The van der Waals surface area contributed by atoms with Crippen molar-refractivity contribution in [1.82, 2.24) is 0 Å². The second-order valence-corrected chi connectivity index (χ2v) is 13.6. The molecule has 0 saturated heterocycles. The van der Waals surface area contributed by atoms with E-state index in [-0.39, 0.29) is 12.1 Å². The van der Waals surface area contributed by atoms with Crippen LogP contribution in [-0.2, 0) is 17.6 Å². The summed E-state index contributed by atoms with van der Waals surface area (Å²) in [7, 11) is 0. The van der Waals surface area contributed by atoms with E-state index in [4.69, 9.17) is 9.47 Å². The molecular weight excluding hydrogens is 564 g/mol. The molecule has 0 aliphatic rings. The summed E-state index contributed by atoms with van der Waals surface area (Å²) < 4.78 is 11.8. The van der Waals surface area contributed by atoms with Crippen molar-refractivity contribution in [3.63, 3.8) is 0 Å². The summed E-state index contributed by atoms with van der Waals surface area (Å²) in [6.45, 7) is 7.30. The molecule has 3 aromatic carbocycles. The number of unbranched alkanes of at least 4 members (excludes halogenated alkanes) is 16. The monoisotopic (exact) mass is 628 g/mol. The maximum absolute atomic E-state index is 12.5. The Balaban J connectivity index is 1.28. The molecule has 0 saturated carbocycles. The Kier molecular flexibility index (Phi) is 19.2. The highest BCUT2D eigenvalue weighted by Gasteiger charge is 2.12. The lowest BCUT2D eigenvalue weighted by atomic mass is 10.0. The van der Waals surface area contributed by atoms with E-state index in [1.807, 2.05) is 19.1 Å². The van der Waals surface area contributed by atoms with Crippen LogP contribution >= 0.6 is 0 Å². The Morgan fingerprint density at radius 3 is 1.70 bits per heavy atom. The molecule has 1 atom stereocenters. The van der Waals surface area contributed by atoms with Gasteiger partial charge in [0.05, 0.1) is 18.3 Å². The van der Waals surface area contributed by atoms with E-state index in [0.717, 1.165) is 44.5 Å². The average Bonchev–Trinajstić information content (AvgIpc) is 3.07. The lowest BCUT2D eigenvalue weighted by molar-refractivity contribution is 0.0319.